The largest absolute Gasteiger partial charge is 0.493 e. The van der Waals surface area contributed by atoms with Crippen LogP contribution in [0, 0.1) is 11.3 Å². The van der Waals surface area contributed by atoms with E-state index in [1.807, 2.05) is 6.92 Å². The normalized spacial score (nSPS) is 14.7. The Balaban J connectivity index is 2.09. The van der Waals surface area contributed by atoms with Gasteiger partial charge in [0.15, 0.2) is 0 Å². The molecular weight excluding hydrogens is 446 g/mol. The second-order valence-corrected chi connectivity index (χ2v) is 9.85. The van der Waals surface area contributed by atoms with Crippen LogP contribution < -0.4 is 15.6 Å². The maximum atomic E-state index is 13.1. The molecule has 1 aliphatic heterocycles. The van der Waals surface area contributed by atoms with E-state index in [0.717, 1.165) is 6.42 Å². The predicted molar refractivity (Wildman–Crippen MR) is 127 cm³/mol. The highest BCUT2D eigenvalue weighted by Crippen LogP contribution is 2.34. The van der Waals surface area contributed by atoms with Crippen molar-refractivity contribution in [3.63, 3.8) is 0 Å². The van der Waals surface area contributed by atoms with Gasteiger partial charge in [-0.3, -0.25) is 4.79 Å². The standard InChI is InChI=1S/C22H31N5O5S/c1-4-6-17(23)19-20(24-3)22(29)26-21(25-19)16-11-15(7-8-18(16)32-5-2)33(30,31)27-12-14(13-27)9-10-28/h7-8,11,14,23-24,28H,4-6,9-10,12-13H2,1-3H3,(H,25,26,29). The molecule has 1 aliphatic rings. The van der Waals surface area contributed by atoms with E-state index < -0.39 is 15.6 Å². The average Bonchev–Trinajstić information content (AvgIpc) is 2.75. The Morgan fingerprint density at radius 3 is 2.70 bits per heavy atom. The summed E-state index contributed by atoms with van der Waals surface area (Å²) in [7, 11) is -2.16. The highest BCUT2D eigenvalue weighted by Gasteiger charge is 2.36. The van der Waals surface area contributed by atoms with Crippen LogP contribution in [0.5, 0.6) is 5.75 Å². The van der Waals surface area contributed by atoms with Gasteiger partial charge in [-0.1, -0.05) is 13.3 Å². The number of aliphatic hydroxyl groups is 1. The van der Waals surface area contributed by atoms with Gasteiger partial charge in [-0.25, -0.2) is 13.4 Å². The maximum Gasteiger partial charge on any atom is 0.275 e. The number of aromatic nitrogens is 2. The Hall–Kier alpha value is -2.76. The molecule has 2 heterocycles. The van der Waals surface area contributed by atoms with Crippen molar-refractivity contribution in [3.05, 3.63) is 34.2 Å². The van der Waals surface area contributed by atoms with Crippen molar-refractivity contribution in [3.8, 4) is 17.1 Å². The molecule has 11 heteroatoms. The molecule has 0 aliphatic carbocycles. The third-order valence-corrected chi connectivity index (χ3v) is 7.39. The smallest absolute Gasteiger partial charge is 0.275 e. The first-order valence-corrected chi connectivity index (χ1v) is 12.5. The Morgan fingerprint density at radius 1 is 1.36 bits per heavy atom. The monoisotopic (exact) mass is 477 g/mol. The van der Waals surface area contributed by atoms with Gasteiger partial charge in [-0.05, 0) is 43.9 Å². The minimum Gasteiger partial charge on any atom is -0.493 e. The number of sulfonamides is 1. The molecule has 1 aromatic heterocycles. The Kier molecular flexibility index (Phi) is 7.88. The molecule has 0 unspecified atom stereocenters. The van der Waals surface area contributed by atoms with Crippen molar-refractivity contribution in [2.45, 2.75) is 38.0 Å². The second kappa shape index (κ2) is 10.4. The Morgan fingerprint density at radius 2 is 2.09 bits per heavy atom. The minimum absolute atomic E-state index is 0.0305. The lowest BCUT2D eigenvalue weighted by Crippen LogP contribution is -2.50. The maximum absolute atomic E-state index is 13.1. The minimum atomic E-state index is -3.75. The summed E-state index contributed by atoms with van der Waals surface area (Å²) in [4.78, 5) is 20.0. The predicted octanol–water partition coefficient (Wildman–Crippen LogP) is 2.05. The lowest BCUT2D eigenvalue weighted by atomic mass is 10.0. The number of rotatable bonds is 11. The molecule has 0 amide bonds. The van der Waals surface area contributed by atoms with Gasteiger partial charge in [0.1, 0.15) is 23.0 Å². The highest BCUT2D eigenvalue weighted by molar-refractivity contribution is 7.89. The molecule has 0 atom stereocenters. The van der Waals surface area contributed by atoms with Gasteiger partial charge in [0.25, 0.3) is 5.56 Å². The van der Waals surface area contributed by atoms with Gasteiger partial charge in [-0.15, -0.1) is 0 Å². The van der Waals surface area contributed by atoms with E-state index in [-0.39, 0.29) is 40.3 Å². The summed E-state index contributed by atoms with van der Waals surface area (Å²) in [5, 5.41) is 20.2. The number of hydrogen-bond donors (Lipinski definition) is 4. The lowest BCUT2D eigenvalue weighted by molar-refractivity contribution is 0.154. The number of anilines is 1. The number of aromatic amines is 1. The number of aliphatic hydroxyl groups excluding tert-OH is 1. The van der Waals surface area contributed by atoms with Crippen LogP contribution in [0.4, 0.5) is 5.69 Å². The van der Waals surface area contributed by atoms with Crippen LogP contribution >= 0.6 is 0 Å². The SMILES string of the molecule is CCCC(=N)c1nc(-c2cc(S(=O)(=O)N3CC(CCO)C3)ccc2OCC)[nH]c(=O)c1NC. The first-order chi connectivity index (χ1) is 15.8. The molecule has 4 N–H and O–H groups in total. The van der Waals surface area contributed by atoms with Crippen LogP contribution in [-0.2, 0) is 10.0 Å². The zero-order chi connectivity index (χ0) is 24.2. The Labute approximate surface area is 193 Å². The fraction of sp³-hybridized carbons (Fsp3) is 0.500. The van der Waals surface area contributed by atoms with Gasteiger partial charge in [0.05, 0.1) is 22.8 Å². The van der Waals surface area contributed by atoms with E-state index in [0.29, 0.717) is 43.9 Å². The van der Waals surface area contributed by atoms with Crippen LogP contribution in [0.25, 0.3) is 11.4 Å². The van der Waals surface area contributed by atoms with E-state index in [1.54, 1.807) is 20.0 Å². The van der Waals surface area contributed by atoms with Gasteiger partial charge in [0, 0.05) is 26.7 Å². The van der Waals surface area contributed by atoms with Gasteiger partial charge in [0.2, 0.25) is 10.0 Å². The quantitative estimate of drug-likeness (QED) is 0.362. The Bertz CT molecular complexity index is 1170. The molecular formula is C22H31N5O5S. The number of hydrogen-bond acceptors (Lipinski definition) is 8. The molecule has 0 radical (unpaired) electrons. The molecule has 1 saturated heterocycles. The molecule has 3 rings (SSSR count). The van der Waals surface area contributed by atoms with Crippen LogP contribution in [0.1, 0.15) is 38.8 Å². The van der Waals surface area contributed by atoms with E-state index in [9.17, 15) is 13.2 Å². The number of benzene rings is 1. The second-order valence-electron chi connectivity index (χ2n) is 7.91. The topological polar surface area (TPSA) is 148 Å². The van der Waals surface area contributed by atoms with Crippen molar-refractivity contribution >= 4 is 21.4 Å². The van der Waals surface area contributed by atoms with Crippen molar-refractivity contribution in [1.82, 2.24) is 14.3 Å². The summed E-state index contributed by atoms with van der Waals surface area (Å²) in [5.74, 6) is 0.662. The molecule has 0 saturated carbocycles. The fourth-order valence-electron chi connectivity index (χ4n) is 3.79. The van der Waals surface area contributed by atoms with Gasteiger partial charge >= 0.3 is 0 Å². The number of ether oxygens (including phenoxy) is 1. The summed E-state index contributed by atoms with van der Waals surface area (Å²) in [6.07, 6.45) is 1.73. The van der Waals surface area contributed by atoms with Crippen molar-refractivity contribution in [2.24, 2.45) is 5.92 Å². The zero-order valence-electron chi connectivity index (χ0n) is 19.1. The number of H-pyrrole nitrogens is 1. The molecule has 180 valence electrons. The lowest BCUT2D eigenvalue weighted by Gasteiger charge is -2.37. The summed E-state index contributed by atoms with van der Waals surface area (Å²) in [6, 6.07) is 4.48. The molecule has 0 spiro atoms. The summed E-state index contributed by atoms with van der Waals surface area (Å²) in [6.45, 7) is 4.82. The van der Waals surface area contributed by atoms with E-state index >= 15 is 0 Å². The van der Waals surface area contributed by atoms with Crippen LogP contribution in [-0.4, -0.2) is 66.9 Å². The first kappa shape index (κ1) is 24.9. The van der Waals surface area contributed by atoms with Crippen molar-refractivity contribution in [2.75, 3.05) is 38.7 Å². The van der Waals surface area contributed by atoms with Crippen molar-refractivity contribution in [1.29, 1.82) is 5.41 Å². The van der Waals surface area contributed by atoms with Crippen LogP contribution in [0.2, 0.25) is 0 Å². The average molecular weight is 478 g/mol. The first-order valence-electron chi connectivity index (χ1n) is 11.0. The van der Waals surface area contributed by atoms with E-state index in [1.165, 1.54) is 16.4 Å². The summed E-state index contributed by atoms with van der Waals surface area (Å²) in [5.41, 5.74) is 0.503. The summed E-state index contributed by atoms with van der Waals surface area (Å²) < 4.78 is 33.3. The van der Waals surface area contributed by atoms with E-state index in [2.05, 4.69) is 15.3 Å². The number of nitrogens with zero attached hydrogens (tertiary/aromatic N) is 2. The molecule has 10 nitrogen and oxygen atoms in total. The molecule has 2 aromatic rings. The molecule has 1 fully saturated rings. The highest BCUT2D eigenvalue weighted by atomic mass is 32.2. The van der Waals surface area contributed by atoms with Gasteiger partial charge in [-0.2, -0.15) is 4.31 Å². The van der Waals surface area contributed by atoms with Crippen LogP contribution in [0.3, 0.4) is 0 Å². The fourth-order valence-corrected chi connectivity index (χ4v) is 5.41. The zero-order valence-corrected chi connectivity index (χ0v) is 20.0. The summed E-state index contributed by atoms with van der Waals surface area (Å²) >= 11 is 0. The number of nitrogens with one attached hydrogen (secondary N) is 3. The molecule has 0 bridgehead atoms. The van der Waals surface area contributed by atoms with Crippen molar-refractivity contribution < 1.29 is 18.3 Å². The third-order valence-electron chi connectivity index (χ3n) is 5.56. The molecule has 33 heavy (non-hydrogen) atoms. The molecule has 1 aromatic carbocycles. The van der Waals surface area contributed by atoms with Crippen LogP contribution in [0.15, 0.2) is 27.9 Å². The third kappa shape index (κ3) is 5.10. The van der Waals surface area contributed by atoms with Gasteiger partial charge < -0.3 is 25.6 Å². The van der Waals surface area contributed by atoms with E-state index in [4.69, 9.17) is 15.3 Å².